The van der Waals surface area contributed by atoms with Gasteiger partial charge < -0.3 is 20.3 Å². The molecule has 72 heavy (non-hydrogen) atoms. The molecule has 2 unspecified atom stereocenters. The summed E-state index contributed by atoms with van der Waals surface area (Å²) in [7, 11) is 0. The molecule has 0 aromatic carbocycles. The Bertz CT molecular complexity index is 1120. The van der Waals surface area contributed by atoms with Gasteiger partial charge in [0, 0.05) is 12.8 Å². The topological polar surface area (TPSA) is 95.9 Å². The summed E-state index contributed by atoms with van der Waals surface area (Å²) in [5, 5.41) is 23.1. The number of hydrogen-bond donors (Lipinski definition) is 3. The van der Waals surface area contributed by atoms with E-state index in [1.807, 2.05) is 6.08 Å². The molecule has 0 aromatic rings. The normalized spacial score (nSPS) is 12.7. The molecule has 0 aliphatic heterocycles. The second kappa shape index (κ2) is 61.9. The Morgan fingerprint density at radius 3 is 0.986 bits per heavy atom. The third kappa shape index (κ3) is 57.6. The number of nitrogens with one attached hydrogen (secondary N) is 1. The van der Waals surface area contributed by atoms with E-state index in [2.05, 4.69) is 31.3 Å². The molecule has 426 valence electrons. The molecule has 0 spiro atoms. The highest BCUT2D eigenvalue weighted by atomic mass is 16.5. The van der Waals surface area contributed by atoms with Crippen LogP contribution in [0.5, 0.6) is 0 Å². The molecule has 1 amide bonds. The second-order valence-electron chi connectivity index (χ2n) is 22.5. The van der Waals surface area contributed by atoms with E-state index in [0.29, 0.717) is 19.4 Å². The summed E-state index contributed by atoms with van der Waals surface area (Å²) in [5.41, 5.74) is 0. The van der Waals surface area contributed by atoms with E-state index in [4.69, 9.17) is 4.74 Å². The average Bonchev–Trinajstić information content (AvgIpc) is 3.38. The van der Waals surface area contributed by atoms with Gasteiger partial charge >= 0.3 is 5.97 Å². The van der Waals surface area contributed by atoms with Gasteiger partial charge in [-0.05, 0) is 57.8 Å². The van der Waals surface area contributed by atoms with Crippen LogP contribution in [0.4, 0.5) is 0 Å². The lowest BCUT2D eigenvalue weighted by molar-refractivity contribution is -0.143. The van der Waals surface area contributed by atoms with Gasteiger partial charge in [0.2, 0.25) is 5.91 Å². The van der Waals surface area contributed by atoms with Crippen LogP contribution in [0, 0.1) is 0 Å². The maximum absolute atomic E-state index is 12.4. The van der Waals surface area contributed by atoms with Gasteiger partial charge in [0.15, 0.2) is 0 Å². The zero-order valence-corrected chi connectivity index (χ0v) is 48.7. The molecule has 2 atom stereocenters. The molecule has 3 N–H and O–H groups in total. The first-order chi connectivity index (χ1) is 35.5. The number of rotatable bonds is 61. The van der Waals surface area contributed by atoms with Gasteiger partial charge in [-0.15, -0.1) is 0 Å². The smallest absolute Gasteiger partial charge is 0.305 e. The standard InChI is InChI=1S/C66H127NO5/c1-3-5-7-9-11-13-15-17-18-33-36-40-44-48-52-56-60-66(71)72-61-57-53-49-45-41-37-34-31-29-27-25-23-21-19-20-22-24-26-28-30-32-35-39-43-47-51-55-59-65(70)67-63(62-68)64(69)58-54-50-46-42-38-16-14-12-10-8-6-4-2/h18,33,54,58,63-64,68-69H,3-17,19-32,34-53,55-57,59-62H2,1-2H3,(H,67,70)/b33-18-,58-54+. The first-order valence-corrected chi connectivity index (χ1v) is 32.6. The molecule has 0 fully saturated rings. The number of esters is 1. The van der Waals surface area contributed by atoms with Crippen molar-refractivity contribution < 1.29 is 24.5 Å². The van der Waals surface area contributed by atoms with Gasteiger partial charge in [0.25, 0.3) is 0 Å². The summed E-state index contributed by atoms with van der Waals surface area (Å²) in [4.78, 5) is 24.5. The first kappa shape index (κ1) is 70.3. The summed E-state index contributed by atoms with van der Waals surface area (Å²) in [5.74, 6) is -0.0541. The number of hydrogen-bond acceptors (Lipinski definition) is 5. The Hall–Kier alpha value is -1.66. The fourth-order valence-electron chi connectivity index (χ4n) is 10.2. The lowest BCUT2D eigenvalue weighted by Crippen LogP contribution is -2.45. The van der Waals surface area contributed by atoms with E-state index in [9.17, 15) is 19.8 Å². The minimum Gasteiger partial charge on any atom is -0.466 e. The first-order valence-electron chi connectivity index (χ1n) is 32.6. The fourth-order valence-corrected chi connectivity index (χ4v) is 10.2. The second-order valence-corrected chi connectivity index (χ2v) is 22.5. The summed E-state index contributed by atoms with van der Waals surface area (Å²) in [6.45, 7) is 4.91. The molecule has 0 rings (SSSR count). The quantitative estimate of drug-likeness (QED) is 0.0320. The van der Waals surface area contributed by atoms with E-state index in [1.54, 1.807) is 6.08 Å². The summed E-state index contributed by atoms with van der Waals surface area (Å²) in [6, 6.07) is -0.624. The van der Waals surface area contributed by atoms with Gasteiger partial charge in [-0.1, -0.05) is 314 Å². The molecule has 0 radical (unpaired) electrons. The minimum atomic E-state index is -0.841. The molecule has 0 heterocycles. The number of aliphatic hydroxyl groups is 2. The zero-order valence-electron chi connectivity index (χ0n) is 48.7. The predicted molar refractivity (Wildman–Crippen MR) is 315 cm³/mol. The van der Waals surface area contributed by atoms with Gasteiger partial charge in [0.1, 0.15) is 0 Å². The maximum atomic E-state index is 12.4. The number of aliphatic hydroxyl groups excluding tert-OH is 2. The fraction of sp³-hybridized carbons (Fsp3) is 0.909. The third-order valence-electron chi connectivity index (χ3n) is 15.2. The van der Waals surface area contributed by atoms with Crippen LogP contribution in [0.15, 0.2) is 24.3 Å². The van der Waals surface area contributed by atoms with Crippen molar-refractivity contribution in [3.05, 3.63) is 24.3 Å². The highest BCUT2D eigenvalue weighted by Crippen LogP contribution is 2.18. The Kier molecular flexibility index (Phi) is 60.5. The van der Waals surface area contributed by atoms with Crippen molar-refractivity contribution in [1.29, 1.82) is 0 Å². The van der Waals surface area contributed by atoms with E-state index in [-0.39, 0.29) is 18.5 Å². The van der Waals surface area contributed by atoms with Crippen molar-refractivity contribution in [1.82, 2.24) is 5.32 Å². The number of amides is 1. The zero-order chi connectivity index (χ0) is 52.2. The van der Waals surface area contributed by atoms with Gasteiger partial charge in [-0.3, -0.25) is 9.59 Å². The van der Waals surface area contributed by atoms with E-state index < -0.39 is 12.1 Å². The largest absolute Gasteiger partial charge is 0.466 e. The van der Waals surface area contributed by atoms with Crippen LogP contribution in [-0.4, -0.2) is 47.4 Å². The van der Waals surface area contributed by atoms with Crippen LogP contribution < -0.4 is 5.32 Å². The predicted octanol–water partition coefficient (Wildman–Crippen LogP) is 20.6. The molecule has 0 aromatic heterocycles. The molecule has 0 bridgehead atoms. The van der Waals surface area contributed by atoms with Gasteiger partial charge in [0.05, 0.1) is 25.4 Å². The number of carbonyl (C=O) groups is 2. The van der Waals surface area contributed by atoms with Crippen LogP contribution in [0.25, 0.3) is 0 Å². The lowest BCUT2D eigenvalue weighted by atomic mass is 10.0. The number of allylic oxidation sites excluding steroid dienone is 3. The highest BCUT2D eigenvalue weighted by molar-refractivity contribution is 5.76. The lowest BCUT2D eigenvalue weighted by Gasteiger charge is -2.20. The molecule has 0 aliphatic carbocycles. The van der Waals surface area contributed by atoms with Crippen LogP contribution >= 0.6 is 0 Å². The maximum Gasteiger partial charge on any atom is 0.305 e. The Balaban J connectivity index is 3.34. The van der Waals surface area contributed by atoms with Crippen LogP contribution in [0.1, 0.15) is 361 Å². The molecular weight excluding hydrogens is 887 g/mol. The monoisotopic (exact) mass is 1010 g/mol. The summed E-state index contributed by atoms with van der Waals surface area (Å²) < 4.78 is 5.49. The highest BCUT2D eigenvalue weighted by Gasteiger charge is 2.18. The van der Waals surface area contributed by atoms with Crippen LogP contribution in [0.2, 0.25) is 0 Å². The van der Waals surface area contributed by atoms with Crippen molar-refractivity contribution in [3.8, 4) is 0 Å². The Morgan fingerprint density at radius 2 is 0.653 bits per heavy atom. The summed E-state index contributed by atoms with van der Waals surface area (Å²) >= 11 is 0. The molecule has 0 saturated carbocycles. The molecular formula is C66H127NO5. The van der Waals surface area contributed by atoms with Crippen molar-refractivity contribution in [3.63, 3.8) is 0 Å². The summed E-state index contributed by atoms with van der Waals surface area (Å²) in [6.07, 6.45) is 76.7. The van der Waals surface area contributed by atoms with Gasteiger partial charge in [-0.2, -0.15) is 0 Å². The number of unbranched alkanes of at least 4 members (excludes halogenated alkanes) is 48. The minimum absolute atomic E-state index is 0.0106. The van der Waals surface area contributed by atoms with E-state index in [0.717, 1.165) is 44.9 Å². The van der Waals surface area contributed by atoms with E-state index in [1.165, 1.54) is 289 Å². The van der Waals surface area contributed by atoms with Crippen molar-refractivity contribution in [2.24, 2.45) is 0 Å². The third-order valence-corrected chi connectivity index (χ3v) is 15.2. The number of ether oxygens (including phenoxy) is 1. The Labute approximate surface area is 450 Å². The Morgan fingerprint density at radius 1 is 0.375 bits per heavy atom. The average molecular weight is 1010 g/mol. The molecule has 6 heteroatoms. The van der Waals surface area contributed by atoms with Crippen LogP contribution in [-0.2, 0) is 14.3 Å². The van der Waals surface area contributed by atoms with E-state index >= 15 is 0 Å². The SMILES string of the molecule is CCCCCCCCC/C=C\CCCCCCCC(=O)OCCCCCCCCCCCCCCCCCCCCCCCCCCCCCC(=O)NC(CO)C(O)/C=C/CCCCCCCCCCCC. The van der Waals surface area contributed by atoms with Gasteiger partial charge in [-0.25, -0.2) is 0 Å². The number of carbonyl (C=O) groups excluding carboxylic acids is 2. The van der Waals surface area contributed by atoms with Crippen LogP contribution in [0.3, 0.4) is 0 Å². The van der Waals surface area contributed by atoms with Crippen molar-refractivity contribution in [2.75, 3.05) is 13.2 Å². The van der Waals surface area contributed by atoms with Crippen molar-refractivity contribution >= 4 is 11.9 Å². The molecule has 0 saturated heterocycles. The van der Waals surface area contributed by atoms with Crippen molar-refractivity contribution in [2.45, 2.75) is 373 Å². The molecule has 0 aliphatic rings. The molecule has 6 nitrogen and oxygen atoms in total.